The van der Waals surface area contributed by atoms with E-state index in [0.29, 0.717) is 17.2 Å². The highest BCUT2D eigenvalue weighted by Crippen LogP contribution is 2.32. The molecule has 0 spiro atoms. The lowest BCUT2D eigenvalue weighted by Gasteiger charge is -2.34. The van der Waals surface area contributed by atoms with Crippen LogP contribution in [0.3, 0.4) is 0 Å². The van der Waals surface area contributed by atoms with Gasteiger partial charge < -0.3 is 20.1 Å². The van der Waals surface area contributed by atoms with E-state index in [9.17, 15) is 18.0 Å². The Morgan fingerprint density at radius 3 is 2.55 bits per heavy atom. The number of hydrogen-bond acceptors (Lipinski definition) is 4. The highest BCUT2D eigenvalue weighted by atomic mass is 32.1. The predicted octanol–water partition coefficient (Wildman–Crippen LogP) is 6.21. The van der Waals surface area contributed by atoms with Crippen molar-refractivity contribution in [2.75, 3.05) is 6.54 Å². The van der Waals surface area contributed by atoms with Crippen LogP contribution in [-0.2, 0) is 30.5 Å². The van der Waals surface area contributed by atoms with Crippen LogP contribution in [0.4, 0.5) is 13.2 Å². The molecule has 1 fully saturated rings. The van der Waals surface area contributed by atoms with Gasteiger partial charge in [0.25, 0.3) is 0 Å². The van der Waals surface area contributed by atoms with Gasteiger partial charge in [0, 0.05) is 43.6 Å². The SMILES string of the molecule is CC[C@H](C)[C@@H](CN(Cc1ccccc1C(F)(F)F)C(=S)NC1CCCC1)NC(=O)Cc1cncn1Cc1ccc(C#N)cc1. The number of alkyl halides is 3. The number of nitriles is 1. The summed E-state index contributed by atoms with van der Waals surface area (Å²) in [5.41, 5.74) is 1.72. The molecule has 11 heteroatoms. The largest absolute Gasteiger partial charge is 0.416 e. The van der Waals surface area contributed by atoms with Crippen LogP contribution in [0.1, 0.15) is 73.9 Å². The van der Waals surface area contributed by atoms with Crippen molar-refractivity contribution < 1.29 is 18.0 Å². The minimum absolute atomic E-state index is 0.0333. The van der Waals surface area contributed by atoms with E-state index in [4.69, 9.17) is 17.5 Å². The summed E-state index contributed by atoms with van der Waals surface area (Å²) < 4.78 is 43.5. The van der Waals surface area contributed by atoms with E-state index in [2.05, 4.69) is 21.7 Å². The fourth-order valence-electron chi connectivity index (χ4n) is 5.53. The summed E-state index contributed by atoms with van der Waals surface area (Å²) in [5.74, 6) is -0.167. The van der Waals surface area contributed by atoms with Crippen molar-refractivity contribution in [1.29, 1.82) is 5.26 Å². The average Bonchev–Trinajstić information content (AvgIpc) is 3.68. The molecule has 1 amide bonds. The molecule has 1 saturated carbocycles. The summed E-state index contributed by atoms with van der Waals surface area (Å²) in [6, 6.07) is 14.8. The number of nitrogens with zero attached hydrogens (tertiary/aromatic N) is 4. The van der Waals surface area contributed by atoms with Gasteiger partial charge >= 0.3 is 6.18 Å². The number of imidazole rings is 1. The number of carbonyl (C=O) groups excluding carboxylic acids is 1. The van der Waals surface area contributed by atoms with E-state index < -0.39 is 11.7 Å². The first-order valence-corrected chi connectivity index (χ1v) is 15.5. The molecule has 3 aromatic rings. The van der Waals surface area contributed by atoms with Gasteiger partial charge in [-0.3, -0.25) is 4.79 Å². The zero-order chi connectivity index (χ0) is 31.7. The Hall–Kier alpha value is -3.91. The lowest BCUT2D eigenvalue weighted by molar-refractivity contribution is -0.138. The van der Waals surface area contributed by atoms with Crippen molar-refractivity contribution in [3.05, 3.63) is 89.0 Å². The Morgan fingerprint density at radius 2 is 1.89 bits per heavy atom. The first-order chi connectivity index (χ1) is 21.1. The molecule has 2 atom stereocenters. The van der Waals surface area contributed by atoms with Crippen molar-refractivity contribution >= 4 is 23.2 Å². The van der Waals surface area contributed by atoms with Gasteiger partial charge in [0.15, 0.2) is 5.11 Å². The van der Waals surface area contributed by atoms with Crippen molar-refractivity contribution in [2.45, 2.75) is 83.7 Å². The third kappa shape index (κ3) is 9.05. The normalized spacial score (nSPS) is 14.9. The van der Waals surface area contributed by atoms with Crippen molar-refractivity contribution in [3.63, 3.8) is 0 Å². The molecule has 234 valence electrons. The van der Waals surface area contributed by atoms with Crippen LogP contribution >= 0.6 is 12.2 Å². The van der Waals surface area contributed by atoms with Gasteiger partial charge in [0.2, 0.25) is 5.91 Å². The van der Waals surface area contributed by atoms with Crippen molar-refractivity contribution in [2.24, 2.45) is 5.92 Å². The molecule has 1 aliphatic carbocycles. The Kier molecular flexibility index (Phi) is 11.4. The molecule has 2 N–H and O–H groups in total. The molecule has 0 aliphatic heterocycles. The minimum atomic E-state index is -4.49. The molecule has 1 aromatic heterocycles. The Bertz CT molecular complexity index is 1440. The second-order valence-electron chi connectivity index (χ2n) is 11.5. The maximum atomic E-state index is 13.9. The van der Waals surface area contributed by atoms with Crippen molar-refractivity contribution in [1.82, 2.24) is 25.1 Å². The van der Waals surface area contributed by atoms with Crippen LogP contribution in [0.2, 0.25) is 0 Å². The van der Waals surface area contributed by atoms with Gasteiger partial charge in [-0.15, -0.1) is 0 Å². The van der Waals surface area contributed by atoms with Crippen LogP contribution < -0.4 is 10.6 Å². The second kappa shape index (κ2) is 15.2. The van der Waals surface area contributed by atoms with E-state index in [-0.39, 0.29) is 49.0 Å². The molecule has 4 rings (SSSR count). The van der Waals surface area contributed by atoms with E-state index in [1.54, 1.807) is 35.6 Å². The number of benzene rings is 2. The predicted molar refractivity (Wildman–Crippen MR) is 167 cm³/mol. The summed E-state index contributed by atoms with van der Waals surface area (Å²) in [6.07, 6.45) is 3.79. The van der Waals surface area contributed by atoms with E-state index in [1.165, 1.54) is 12.1 Å². The first-order valence-electron chi connectivity index (χ1n) is 15.0. The smallest absolute Gasteiger partial charge is 0.360 e. The first kappa shape index (κ1) is 33.0. The molecular weight excluding hydrogens is 585 g/mol. The summed E-state index contributed by atoms with van der Waals surface area (Å²) in [6.45, 7) is 4.77. The number of halogens is 3. The van der Waals surface area contributed by atoms with Crippen LogP contribution in [0.25, 0.3) is 0 Å². The van der Waals surface area contributed by atoms with Gasteiger partial charge in [0.05, 0.1) is 29.9 Å². The average molecular weight is 625 g/mol. The monoisotopic (exact) mass is 624 g/mol. The molecule has 0 radical (unpaired) electrons. The van der Waals surface area contributed by atoms with Gasteiger partial charge in [0.1, 0.15) is 0 Å². The highest BCUT2D eigenvalue weighted by Gasteiger charge is 2.34. The quantitative estimate of drug-likeness (QED) is 0.233. The molecular formula is C33H39F3N6OS. The molecule has 1 aliphatic rings. The number of aromatic nitrogens is 2. The lowest BCUT2D eigenvalue weighted by atomic mass is 9.97. The minimum Gasteiger partial charge on any atom is -0.360 e. The van der Waals surface area contributed by atoms with Crippen LogP contribution in [0.15, 0.2) is 61.1 Å². The topological polar surface area (TPSA) is 86.0 Å². The Morgan fingerprint density at radius 1 is 1.18 bits per heavy atom. The Balaban J connectivity index is 1.50. The fraction of sp³-hybridized carbons (Fsp3) is 0.455. The van der Waals surface area contributed by atoms with Crippen LogP contribution in [0, 0.1) is 17.2 Å². The highest BCUT2D eigenvalue weighted by molar-refractivity contribution is 7.80. The van der Waals surface area contributed by atoms with E-state index >= 15 is 0 Å². The van der Waals surface area contributed by atoms with E-state index in [0.717, 1.165) is 49.4 Å². The van der Waals surface area contributed by atoms with Gasteiger partial charge in [-0.1, -0.05) is 63.4 Å². The molecule has 7 nitrogen and oxygen atoms in total. The summed E-state index contributed by atoms with van der Waals surface area (Å²) >= 11 is 5.78. The standard InChI is InChI=1S/C33H39F3N6OS/c1-3-23(2)30(40-31(43)16-28-18-38-22-42(28)19-25-14-12-24(17-37)13-15-25)21-41(32(44)39-27-9-5-6-10-27)20-26-8-4-7-11-29(26)33(34,35)36/h4,7-8,11-15,18,22-23,27,30H,3,5-6,9-10,16,19-21H2,1-2H3,(H,39,44)(H,40,43)/t23-,30+/m0/s1. The third-order valence-corrected chi connectivity index (χ3v) is 8.70. The second-order valence-corrected chi connectivity index (χ2v) is 11.9. The zero-order valence-corrected chi connectivity index (χ0v) is 25.9. The number of nitrogens with one attached hydrogen (secondary N) is 2. The molecule has 2 aromatic carbocycles. The van der Waals surface area contributed by atoms with Gasteiger partial charge in [-0.25, -0.2) is 4.98 Å². The molecule has 0 saturated heterocycles. The van der Waals surface area contributed by atoms with E-state index in [1.807, 2.05) is 30.5 Å². The number of thiocarbonyl (C=S) groups is 1. The molecule has 0 unspecified atom stereocenters. The number of carbonyl (C=O) groups is 1. The molecule has 44 heavy (non-hydrogen) atoms. The van der Waals surface area contributed by atoms with Crippen molar-refractivity contribution in [3.8, 4) is 6.07 Å². The number of hydrogen-bond donors (Lipinski definition) is 2. The lowest BCUT2D eigenvalue weighted by Crippen LogP contribution is -2.52. The third-order valence-electron chi connectivity index (χ3n) is 8.32. The molecule has 1 heterocycles. The fourth-order valence-corrected chi connectivity index (χ4v) is 5.83. The van der Waals surface area contributed by atoms with Crippen LogP contribution in [-0.4, -0.2) is 44.1 Å². The maximum absolute atomic E-state index is 13.9. The summed E-state index contributed by atoms with van der Waals surface area (Å²) in [7, 11) is 0. The summed E-state index contributed by atoms with van der Waals surface area (Å²) in [4.78, 5) is 19.4. The van der Waals surface area contributed by atoms with Crippen LogP contribution in [0.5, 0.6) is 0 Å². The number of amides is 1. The summed E-state index contributed by atoms with van der Waals surface area (Å²) in [5, 5.41) is 16.0. The maximum Gasteiger partial charge on any atom is 0.416 e. The molecule has 0 bridgehead atoms. The zero-order valence-electron chi connectivity index (χ0n) is 25.1. The number of rotatable bonds is 12. The Labute approximate surface area is 262 Å². The van der Waals surface area contributed by atoms with Gasteiger partial charge in [-0.2, -0.15) is 18.4 Å². The van der Waals surface area contributed by atoms with Gasteiger partial charge in [-0.05, 0) is 60.3 Å².